The Balaban J connectivity index is 1.87. The number of aromatic nitrogens is 2. The highest BCUT2D eigenvalue weighted by atomic mass is 32.2. The fourth-order valence-electron chi connectivity index (χ4n) is 2.21. The second-order valence-electron chi connectivity index (χ2n) is 5.32. The van der Waals surface area contributed by atoms with Crippen molar-refractivity contribution in [3.8, 4) is 0 Å². The average molecular weight is 300 g/mol. The minimum absolute atomic E-state index is 0.111. The van der Waals surface area contributed by atoms with Crippen molar-refractivity contribution >= 4 is 10.0 Å². The second-order valence-corrected chi connectivity index (χ2v) is 7.03. The quantitative estimate of drug-likeness (QED) is 0.666. The van der Waals surface area contributed by atoms with Crippen LogP contribution in [0.3, 0.4) is 0 Å². The lowest BCUT2D eigenvalue weighted by molar-refractivity contribution is 0.551. The molecule has 2 N–H and O–H groups in total. The zero-order valence-electron chi connectivity index (χ0n) is 12.2. The minimum atomic E-state index is -3.41. The number of hydrogen-bond acceptors (Lipinski definition) is 4. The molecule has 2 unspecified atom stereocenters. The summed E-state index contributed by atoms with van der Waals surface area (Å²) in [5.41, 5.74) is 0. The maximum atomic E-state index is 12.2. The van der Waals surface area contributed by atoms with E-state index in [2.05, 4.69) is 29.0 Å². The Kier molecular flexibility index (Phi) is 5.17. The molecule has 20 heavy (non-hydrogen) atoms. The molecule has 2 rings (SSSR count). The van der Waals surface area contributed by atoms with Gasteiger partial charge in [-0.3, -0.25) is 4.68 Å². The molecule has 1 aromatic heterocycles. The van der Waals surface area contributed by atoms with Crippen LogP contribution in [0, 0.1) is 5.92 Å². The maximum Gasteiger partial charge on any atom is 0.243 e. The van der Waals surface area contributed by atoms with Gasteiger partial charge in [0.15, 0.2) is 0 Å². The molecule has 0 amide bonds. The molecular weight excluding hydrogens is 276 g/mol. The lowest BCUT2D eigenvalue weighted by atomic mass is 10.3. The topological polar surface area (TPSA) is 76.0 Å². The van der Waals surface area contributed by atoms with Crippen LogP contribution in [0.25, 0.3) is 0 Å². The highest BCUT2D eigenvalue weighted by Gasteiger charge is 2.38. The normalized spacial score (nSPS) is 22.1. The van der Waals surface area contributed by atoms with Crippen LogP contribution in [0.15, 0.2) is 17.3 Å². The minimum Gasteiger partial charge on any atom is -0.315 e. The summed E-state index contributed by atoms with van der Waals surface area (Å²) in [6.45, 7) is 6.63. The lowest BCUT2D eigenvalue weighted by Gasteiger charge is -2.04. The lowest BCUT2D eigenvalue weighted by Crippen LogP contribution is -2.26. The molecule has 114 valence electrons. The summed E-state index contributed by atoms with van der Waals surface area (Å²) in [6.07, 6.45) is 6.08. The fourth-order valence-corrected chi connectivity index (χ4v) is 3.48. The standard InChI is InChI=1S/C13H24N4O2S/c1-3-5-14-6-7-17-10-12(9-15-17)20(18,19)16-13-8-11(13)4-2/h9-11,13-14,16H,3-8H2,1-2H3. The third-order valence-corrected chi connectivity index (χ3v) is 5.06. The van der Waals surface area contributed by atoms with E-state index in [0.717, 1.165) is 32.4 Å². The average Bonchev–Trinajstić information content (AvgIpc) is 2.97. The fraction of sp³-hybridized carbons (Fsp3) is 0.769. The first-order valence-corrected chi connectivity index (χ1v) is 8.80. The number of nitrogens with zero attached hydrogens (tertiary/aromatic N) is 2. The Bertz CT molecular complexity index is 526. The van der Waals surface area contributed by atoms with Crippen LogP contribution in [0.4, 0.5) is 0 Å². The van der Waals surface area contributed by atoms with Crippen molar-refractivity contribution in [2.24, 2.45) is 5.92 Å². The smallest absolute Gasteiger partial charge is 0.243 e. The largest absolute Gasteiger partial charge is 0.315 e. The van der Waals surface area contributed by atoms with E-state index >= 15 is 0 Å². The summed E-state index contributed by atoms with van der Waals surface area (Å²) in [5, 5.41) is 7.37. The van der Waals surface area contributed by atoms with Crippen molar-refractivity contribution in [3.05, 3.63) is 12.4 Å². The molecule has 1 saturated carbocycles. The Morgan fingerprint density at radius 1 is 1.40 bits per heavy atom. The van der Waals surface area contributed by atoms with Crippen LogP contribution < -0.4 is 10.0 Å². The number of sulfonamides is 1. The Morgan fingerprint density at radius 2 is 2.20 bits per heavy atom. The monoisotopic (exact) mass is 300 g/mol. The molecule has 0 saturated heterocycles. The van der Waals surface area contributed by atoms with Gasteiger partial charge in [-0.15, -0.1) is 0 Å². The molecular formula is C13H24N4O2S. The van der Waals surface area contributed by atoms with Gasteiger partial charge in [-0.25, -0.2) is 13.1 Å². The summed E-state index contributed by atoms with van der Waals surface area (Å²) >= 11 is 0. The van der Waals surface area contributed by atoms with Crippen LogP contribution in [-0.4, -0.2) is 37.3 Å². The van der Waals surface area contributed by atoms with Gasteiger partial charge in [-0.1, -0.05) is 20.3 Å². The number of rotatable bonds is 9. The van der Waals surface area contributed by atoms with Gasteiger partial charge in [0.2, 0.25) is 10.0 Å². The van der Waals surface area contributed by atoms with E-state index in [0.29, 0.717) is 12.5 Å². The first-order chi connectivity index (χ1) is 9.56. The van der Waals surface area contributed by atoms with E-state index < -0.39 is 10.0 Å². The third-order valence-electron chi connectivity index (χ3n) is 3.62. The zero-order valence-corrected chi connectivity index (χ0v) is 13.0. The van der Waals surface area contributed by atoms with Crippen molar-refractivity contribution in [1.82, 2.24) is 19.8 Å². The van der Waals surface area contributed by atoms with E-state index in [1.807, 2.05) is 0 Å². The van der Waals surface area contributed by atoms with Crippen molar-refractivity contribution in [2.75, 3.05) is 13.1 Å². The Labute approximate surface area is 121 Å². The van der Waals surface area contributed by atoms with Crippen LogP contribution in [-0.2, 0) is 16.6 Å². The SMILES string of the molecule is CCCNCCn1cc(S(=O)(=O)NC2CC2CC)cn1. The van der Waals surface area contributed by atoms with Gasteiger partial charge in [-0.05, 0) is 25.3 Å². The summed E-state index contributed by atoms with van der Waals surface area (Å²) in [6, 6.07) is 0.111. The number of hydrogen-bond donors (Lipinski definition) is 2. The summed E-state index contributed by atoms with van der Waals surface area (Å²) < 4.78 is 28.7. The van der Waals surface area contributed by atoms with Gasteiger partial charge >= 0.3 is 0 Å². The molecule has 0 spiro atoms. The molecule has 1 aromatic rings. The molecule has 2 atom stereocenters. The molecule has 1 aliphatic carbocycles. The van der Waals surface area contributed by atoms with Gasteiger partial charge in [0.25, 0.3) is 0 Å². The van der Waals surface area contributed by atoms with Crippen LogP contribution in [0.2, 0.25) is 0 Å². The molecule has 0 aliphatic heterocycles. The van der Waals surface area contributed by atoms with Crippen molar-refractivity contribution in [1.29, 1.82) is 0 Å². The molecule has 6 nitrogen and oxygen atoms in total. The summed E-state index contributed by atoms with van der Waals surface area (Å²) in [4.78, 5) is 0.259. The predicted octanol–water partition coefficient (Wildman–Crippen LogP) is 0.960. The molecule has 1 aliphatic rings. The predicted molar refractivity (Wildman–Crippen MR) is 77.9 cm³/mol. The molecule has 0 radical (unpaired) electrons. The van der Waals surface area contributed by atoms with Gasteiger partial charge in [-0.2, -0.15) is 5.10 Å². The van der Waals surface area contributed by atoms with E-state index in [1.165, 1.54) is 6.20 Å². The highest BCUT2D eigenvalue weighted by Crippen LogP contribution is 2.34. The second kappa shape index (κ2) is 6.69. The molecule has 1 heterocycles. The Hall–Kier alpha value is -0.920. The molecule has 1 fully saturated rings. The Morgan fingerprint density at radius 3 is 2.85 bits per heavy atom. The zero-order chi connectivity index (χ0) is 14.6. The summed E-state index contributed by atoms with van der Waals surface area (Å²) in [7, 11) is -3.41. The van der Waals surface area contributed by atoms with Crippen LogP contribution >= 0.6 is 0 Å². The van der Waals surface area contributed by atoms with Gasteiger partial charge < -0.3 is 5.32 Å². The van der Waals surface area contributed by atoms with E-state index in [-0.39, 0.29) is 10.9 Å². The van der Waals surface area contributed by atoms with Crippen molar-refractivity contribution in [3.63, 3.8) is 0 Å². The van der Waals surface area contributed by atoms with E-state index in [1.54, 1.807) is 10.9 Å². The number of nitrogens with one attached hydrogen (secondary N) is 2. The van der Waals surface area contributed by atoms with Gasteiger partial charge in [0, 0.05) is 18.8 Å². The molecule has 0 aromatic carbocycles. The van der Waals surface area contributed by atoms with Crippen LogP contribution in [0.5, 0.6) is 0 Å². The third kappa shape index (κ3) is 4.04. The first-order valence-electron chi connectivity index (χ1n) is 7.32. The highest BCUT2D eigenvalue weighted by molar-refractivity contribution is 7.89. The maximum absolute atomic E-state index is 12.2. The van der Waals surface area contributed by atoms with Crippen molar-refractivity contribution in [2.45, 2.75) is 50.6 Å². The molecule has 7 heteroatoms. The van der Waals surface area contributed by atoms with Crippen LogP contribution in [0.1, 0.15) is 33.1 Å². The molecule has 0 bridgehead atoms. The van der Waals surface area contributed by atoms with Gasteiger partial charge in [0.1, 0.15) is 4.90 Å². The van der Waals surface area contributed by atoms with E-state index in [9.17, 15) is 8.42 Å². The van der Waals surface area contributed by atoms with E-state index in [4.69, 9.17) is 0 Å². The van der Waals surface area contributed by atoms with Crippen molar-refractivity contribution < 1.29 is 8.42 Å². The van der Waals surface area contributed by atoms with Gasteiger partial charge in [0.05, 0.1) is 12.7 Å². The summed E-state index contributed by atoms with van der Waals surface area (Å²) in [5.74, 6) is 0.498. The first kappa shape index (κ1) is 15.5.